The molecule has 2 heterocycles. The molecule has 0 saturated carbocycles. The standard InChI is InChI=1S/C17H20FN3O3/c1-13(12-20-8-10-23-11-9-20)24-17(22)16-6-7-21(19-16)15-4-2-14(18)3-5-15/h2-7,13H,8-12H2,1H3/t13-/m0/s1. The first-order valence-electron chi connectivity index (χ1n) is 7.94. The first-order valence-corrected chi connectivity index (χ1v) is 7.94. The second-order valence-electron chi connectivity index (χ2n) is 5.75. The van der Waals surface area contributed by atoms with Crippen molar-refractivity contribution >= 4 is 5.97 Å². The van der Waals surface area contributed by atoms with Gasteiger partial charge >= 0.3 is 5.97 Å². The summed E-state index contributed by atoms with van der Waals surface area (Å²) in [6.45, 7) is 5.66. The predicted molar refractivity (Wildman–Crippen MR) is 85.7 cm³/mol. The van der Waals surface area contributed by atoms with Crippen LogP contribution in [0.3, 0.4) is 0 Å². The Bertz CT molecular complexity index is 681. The molecular formula is C17H20FN3O3. The van der Waals surface area contributed by atoms with Crippen LogP contribution >= 0.6 is 0 Å². The molecular weight excluding hydrogens is 313 g/mol. The van der Waals surface area contributed by atoms with Crippen LogP contribution in [-0.4, -0.2) is 59.6 Å². The number of hydrogen-bond donors (Lipinski definition) is 0. The highest BCUT2D eigenvalue weighted by Crippen LogP contribution is 2.10. The summed E-state index contributed by atoms with van der Waals surface area (Å²) < 4.78 is 25.2. The minimum atomic E-state index is -0.461. The molecule has 1 aliphatic rings. The van der Waals surface area contributed by atoms with E-state index in [0.717, 1.165) is 13.1 Å². The number of carbonyl (C=O) groups excluding carboxylic acids is 1. The summed E-state index contributed by atoms with van der Waals surface area (Å²) in [5.41, 5.74) is 0.907. The van der Waals surface area contributed by atoms with Crippen molar-refractivity contribution in [2.24, 2.45) is 0 Å². The molecule has 7 heteroatoms. The van der Waals surface area contributed by atoms with E-state index in [4.69, 9.17) is 9.47 Å². The molecule has 1 atom stereocenters. The minimum absolute atomic E-state index is 0.230. The molecule has 1 aromatic carbocycles. The lowest BCUT2D eigenvalue weighted by molar-refractivity contribution is 0.0000927. The van der Waals surface area contributed by atoms with Crippen LogP contribution in [0.15, 0.2) is 36.5 Å². The number of nitrogens with zero attached hydrogens (tertiary/aromatic N) is 3. The molecule has 0 spiro atoms. The zero-order valence-corrected chi connectivity index (χ0v) is 13.5. The van der Waals surface area contributed by atoms with Crippen LogP contribution in [0.4, 0.5) is 4.39 Å². The fourth-order valence-electron chi connectivity index (χ4n) is 2.60. The molecule has 1 aromatic heterocycles. The lowest BCUT2D eigenvalue weighted by Gasteiger charge is -2.28. The van der Waals surface area contributed by atoms with Gasteiger partial charge in [-0.2, -0.15) is 5.10 Å². The van der Waals surface area contributed by atoms with E-state index in [9.17, 15) is 9.18 Å². The highest BCUT2D eigenvalue weighted by atomic mass is 19.1. The molecule has 6 nitrogen and oxygen atoms in total. The number of aromatic nitrogens is 2. The Labute approximate surface area is 139 Å². The largest absolute Gasteiger partial charge is 0.457 e. The van der Waals surface area contributed by atoms with Crippen molar-refractivity contribution in [3.8, 4) is 5.69 Å². The van der Waals surface area contributed by atoms with Crippen LogP contribution in [0.25, 0.3) is 5.69 Å². The lowest BCUT2D eigenvalue weighted by atomic mass is 10.3. The third-order valence-corrected chi connectivity index (χ3v) is 3.82. The van der Waals surface area contributed by atoms with E-state index in [-0.39, 0.29) is 17.6 Å². The second kappa shape index (κ2) is 7.55. The summed E-state index contributed by atoms with van der Waals surface area (Å²) in [6.07, 6.45) is 1.42. The number of rotatable bonds is 5. The van der Waals surface area contributed by atoms with Crippen LogP contribution in [0.5, 0.6) is 0 Å². The molecule has 0 N–H and O–H groups in total. The summed E-state index contributed by atoms with van der Waals surface area (Å²) in [6, 6.07) is 7.48. The summed E-state index contributed by atoms with van der Waals surface area (Å²) in [5.74, 6) is -0.779. The molecule has 1 saturated heterocycles. The smallest absolute Gasteiger partial charge is 0.359 e. The van der Waals surface area contributed by atoms with E-state index in [1.54, 1.807) is 24.4 Å². The summed E-state index contributed by atoms with van der Waals surface area (Å²) in [4.78, 5) is 14.4. The molecule has 1 aliphatic heterocycles. The van der Waals surface area contributed by atoms with Gasteiger partial charge in [-0.05, 0) is 37.3 Å². The number of halogens is 1. The molecule has 0 bridgehead atoms. The molecule has 2 aromatic rings. The maximum absolute atomic E-state index is 13.0. The van der Waals surface area contributed by atoms with Gasteiger partial charge in [-0.25, -0.2) is 13.9 Å². The first kappa shape index (κ1) is 16.6. The van der Waals surface area contributed by atoms with Crippen molar-refractivity contribution in [2.75, 3.05) is 32.8 Å². The Kier molecular flexibility index (Phi) is 5.22. The number of ether oxygens (including phenoxy) is 2. The van der Waals surface area contributed by atoms with Crippen LogP contribution in [0.2, 0.25) is 0 Å². The zero-order chi connectivity index (χ0) is 16.9. The van der Waals surface area contributed by atoms with E-state index in [0.29, 0.717) is 25.4 Å². The van der Waals surface area contributed by atoms with E-state index >= 15 is 0 Å². The van der Waals surface area contributed by atoms with Crippen molar-refractivity contribution in [1.29, 1.82) is 0 Å². The Balaban J connectivity index is 1.58. The Morgan fingerprint density at radius 3 is 2.71 bits per heavy atom. The number of benzene rings is 1. The average molecular weight is 333 g/mol. The van der Waals surface area contributed by atoms with Crippen molar-refractivity contribution in [3.63, 3.8) is 0 Å². The van der Waals surface area contributed by atoms with Crippen LogP contribution in [-0.2, 0) is 9.47 Å². The molecule has 0 aliphatic carbocycles. The topological polar surface area (TPSA) is 56.6 Å². The van der Waals surface area contributed by atoms with Gasteiger partial charge in [0.1, 0.15) is 11.9 Å². The zero-order valence-electron chi connectivity index (χ0n) is 13.5. The van der Waals surface area contributed by atoms with Gasteiger partial charge in [0.2, 0.25) is 0 Å². The van der Waals surface area contributed by atoms with Crippen molar-refractivity contribution < 1.29 is 18.7 Å². The van der Waals surface area contributed by atoms with Crippen LogP contribution in [0, 0.1) is 5.82 Å². The fraction of sp³-hybridized carbons (Fsp3) is 0.412. The molecule has 0 radical (unpaired) electrons. The quantitative estimate of drug-likeness (QED) is 0.782. The van der Waals surface area contributed by atoms with Gasteiger partial charge in [-0.3, -0.25) is 4.90 Å². The highest BCUT2D eigenvalue weighted by Gasteiger charge is 2.19. The third-order valence-electron chi connectivity index (χ3n) is 3.82. The molecule has 3 rings (SSSR count). The monoisotopic (exact) mass is 333 g/mol. The Hall–Kier alpha value is -2.25. The number of hydrogen-bond acceptors (Lipinski definition) is 5. The van der Waals surface area contributed by atoms with Gasteiger partial charge in [0.15, 0.2) is 5.69 Å². The van der Waals surface area contributed by atoms with Crippen LogP contribution in [0.1, 0.15) is 17.4 Å². The predicted octanol–water partition coefficient (Wildman–Crippen LogP) is 1.89. The van der Waals surface area contributed by atoms with Gasteiger partial charge in [0, 0.05) is 25.8 Å². The van der Waals surface area contributed by atoms with Gasteiger partial charge in [-0.15, -0.1) is 0 Å². The van der Waals surface area contributed by atoms with E-state index < -0.39 is 5.97 Å². The summed E-state index contributed by atoms with van der Waals surface area (Å²) in [5, 5.41) is 4.20. The number of esters is 1. The molecule has 1 fully saturated rings. The van der Waals surface area contributed by atoms with Crippen molar-refractivity contribution in [3.05, 3.63) is 48.0 Å². The fourth-order valence-corrected chi connectivity index (χ4v) is 2.60. The van der Waals surface area contributed by atoms with Crippen LogP contribution < -0.4 is 0 Å². The third kappa shape index (κ3) is 4.18. The summed E-state index contributed by atoms with van der Waals surface area (Å²) in [7, 11) is 0. The van der Waals surface area contributed by atoms with Gasteiger partial charge in [0.25, 0.3) is 0 Å². The Morgan fingerprint density at radius 1 is 1.29 bits per heavy atom. The lowest BCUT2D eigenvalue weighted by Crippen LogP contribution is -2.41. The number of carbonyl (C=O) groups is 1. The van der Waals surface area contributed by atoms with E-state index in [1.165, 1.54) is 16.8 Å². The highest BCUT2D eigenvalue weighted by molar-refractivity contribution is 5.87. The molecule has 24 heavy (non-hydrogen) atoms. The number of morpholine rings is 1. The Morgan fingerprint density at radius 2 is 2.00 bits per heavy atom. The van der Waals surface area contributed by atoms with Crippen molar-refractivity contribution in [2.45, 2.75) is 13.0 Å². The maximum Gasteiger partial charge on any atom is 0.359 e. The molecule has 0 unspecified atom stereocenters. The van der Waals surface area contributed by atoms with Gasteiger partial charge in [0.05, 0.1) is 18.9 Å². The van der Waals surface area contributed by atoms with Crippen molar-refractivity contribution in [1.82, 2.24) is 14.7 Å². The second-order valence-corrected chi connectivity index (χ2v) is 5.75. The normalized spacial score (nSPS) is 16.8. The molecule has 128 valence electrons. The van der Waals surface area contributed by atoms with Gasteiger partial charge < -0.3 is 9.47 Å². The minimum Gasteiger partial charge on any atom is -0.457 e. The van der Waals surface area contributed by atoms with Gasteiger partial charge in [-0.1, -0.05) is 0 Å². The van der Waals surface area contributed by atoms with E-state index in [1.807, 2.05) is 6.92 Å². The first-order chi connectivity index (χ1) is 11.6. The van der Waals surface area contributed by atoms with E-state index in [2.05, 4.69) is 10.00 Å². The maximum atomic E-state index is 13.0. The molecule has 0 amide bonds. The summed E-state index contributed by atoms with van der Waals surface area (Å²) >= 11 is 0. The average Bonchev–Trinajstić information content (AvgIpc) is 3.06. The SMILES string of the molecule is C[C@@H](CN1CCOCC1)OC(=O)c1ccn(-c2ccc(F)cc2)n1.